The number of thioether (sulfide) groups is 1. The topological polar surface area (TPSA) is 75.3 Å². The van der Waals surface area contributed by atoms with Crippen LogP contribution < -0.4 is 11.1 Å². The highest BCUT2D eigenvalue weighted by molar-refractivity contribution is 9.10. The molecule has 0 radical (unpaired) electrons. The van der Waals surface area contributed by atoms with Gasteiger partial charge in [-0.25, -0.2) is 0 Å². The number of anilines is 1. The quantitative estimate of drug-likeness (QED) is 0.743. The second-order valence-corrected chi connectivity index (χ2v) is 6.67. The van der Waals surface area contributed by atoms with Crippen molar-refractivity contribution in [3.8, 4) is 0 Å². The molecule has 3 unspecified atom stereocenters. The molecule has 1 aliphatic rings. The molecular weight excluding hydrogens is 316 g/mol. The normalized spacial score (nSPS) is 21.4. The summed E-state index contributed by atoms with van der Waals surface area (Å²) in [5, 5.41) is 12.4. The van der Waals surface area contributed by atoms with Gasteiger partial charge in [-0.3, -0.25) is 4.79 Å². The molecule has 0 saturated heterocycles. The zero-order valence-electron chi connectivity index (χ0n) is 10.1. The second-order valence-electron chi connectivity index (χ2n) is 4.40. The Morgan fingerprint density at radius 2 is 2.17 bits per heavy atom. The summed E-state index contributed by atoms with van der Waals surface area (Å²) in [6.45, 7) is 3.72. The average Bonchev–Trinajstić information content (AvgIpc) is 2.56. The van der Waals surface area contributed by atoms with Crippen molar-refractivity contribution in [3.05, 3.63) is 22.2 Å². The van der Waals surface area contributed by atoms with Crippen molar-refractivity contribution in [2.24, 2.45) is 5.73 Å². The molecule has 0 spiro atoms. The summed E-state index contributed by atoms with van der Waals surface area (Å²) in [5.74, 6) is -0.178. The molecule has 4 nitrogen and oxygen atoms in total. The number of carbonyl (C=O) groups excluding carboxylic acids is 1. The van der Waals surface area contributed by atoms with E-state index in [4.69, 9.17) is 5.73 Å². The van der Waals surface area contributed by atoms with Crippen LogP contribution in [0.25, 0.3) is 0 Å². The number of nitrogens with two attached hydrogens (primary N) is 1. The Morgan fingerprint density at radius 3 is 2.78 bits per heavy atom. The van der Waals surface area contributed by atoms with Gasteiger partial charge in [-0.05, 0) is 35.0 Å². The van der Waals surface area contributed by atoms with Crippen LogP contribution in [0.5, 0.6) is 0 Å². The lowest BCUT2D eigenvalue weighted by molar-refractivity contribution is -0.116. The number of halogens is 1. The van der Waals surface area contributed by atoms with Crippen molar-refractivity contribution >= 4 is 39.3 Å². The van der Waals surface area contributed by atoms with Crippen molar-refractivity contribution in [2.75, 3.05) is 5.32 Å². The molecule has 0 aliphatic carbocycles. The van der Waals surface area contributed by atoms with E-state index < -0.39 is 12.1 Å². The first-order chi connectivity index (χ1) is 8.40. The fraction of sp³-hybridized carbons (Fsp3) is 0.417. The van der Waals surface area contributed by atoms with Gasteiger partial charge < -0.3 is 16.2 Å². The van der Waals surface area contributed by atoms with E-state index in [1.54, 1.807) is 18.7 Å². The highest BCUT2D eigenvalue weighted by Crippen LogP contribution is 2.39. The van der Waals surface area contributed by atoms with Gasteiger partial charge in [0.1, 0.15) is 6.04 Å². The number of benzene rings is 1. The van der Waals surface area contributed by atoms with Gasteiger partial charge in [0.15, 0.2) is 0 Å². The molecule has 4 N–H and O–H groups in total. The van der Waals surface area contributed by atoms with Crippen LogP contribution in [0.15, 0.2) is 21.5 Å². The Balaban J connectivity index is 2.30. The van der Waals surface area contributed by atoms with Gasteiger partial charge in [0, 0.05) is 25.9 Å². The van der Waals surface area contributed by atoms with E-state index in [0.29, 0.717) is 0 Å². The molecule has 98 valence electrons. The third kappa shape index (κ3) is 2.56. The number of hydrogen-bond acceptors (Lipinski definition) is 4. The first-order valence-corrected chi connectivity index (χ1v) is 7.32. The molecule has 1 amide bonds. The third-order valence-electron chi connectivity index (χ3n) is 2.97. The van der Waals surface area contributed by atoms with Crippen molar-refractivity contribution in [3.63, 3.8) is 0 Å². The molecule has 1 aromatic rings. The largest absolute Gasteiger partial charge is 0.392 e. The van der Waals surface area contributed by atoms with E-state index >= 15 is 0 Å². The molecular formula is C12H15BrN2O2S. The lowest BCUT2D eigenvalue weighted by atomic mass is 10.1. The van der Waals surface area contributed by atoms with Gasteiger partial charge in [0.25, 0.3) is 0 Å². The first-order valence-electron chi connectivity index (χ1n) is 5.64. The highest BCUT2D eigenvalue weighted by Gasteiger charge is 2.28. The fourth-order valence-corrected chi connectivity index (χ4v) is 3.27. The molecule has 1 aromatic carbocycles. The van der Waals surface area contributed by atoms with Gasteiger partial charge in [0.2, 0.25) is 5.91 Å². The van der Waals surface area contributed by atoms with Crippen LogP contribution in [0.4, 0.5) is 5.69 Å². The van der Waals surface area contributed by atoms with Crippen LogP contribution in [0.2, 0.25) is 0 Å². The highest BCUT2D eigenvalue weighted by atomic mass is 79.9. The van der Waals surface area contributed by atoms with Gasteiger partial charge in [-0.2, -0.15) is 0 Å². The van der Waals surface area contributed by atoms with Crippen LogP contribution in [0.1, 0.15) is 25.5 Å². The molecule has 1 heterocycles. The zero-order chi connectivity index (χ0) is 13.4. The maximum atomic E-state index is 11.5. The molecule has 0 fully saturated rings. The molecule has 0 aromatic heterocycles. The Morgan fingerprint density at radius 1 is 1.50 bits per heavy atom. The minimum Gasteiger partial charge on any atom is -0.392 e. The van der Waals surface area contributed by atoms with Crippen LogP contribution in [-0.2, 0) is 4.79 Å². The predicted molar refractivity (Wildman–Crippen MR) is 76.7 cm³/mol. The summed E-state index contributed by atoms with van der Waals surface area (Å²) in [6, 6.07) is 3.17. The Labute approximate surface area is 118 Å². The lowest BCUT2D eigenvalue weighted by Crippen LogP contribution is -2.19. The minimum absolute atomic E-state index is 0.0742. The van der Waals surface area contributed by atoms with E-state index in [1.165, 1.54) is 0 Å². The molecule has 18 heavy (non-hydrogen) atoms. The maximum Gasteiger partial charge on any atom is 0.245 e. The first kappa shape index (κ1) is 13.9. The lowest BCUT2D eigenvalue weighted by Gasteiger charge is -2.16. The van der Waals surface area contributed by atoms with Crippen LogP contribution in [-0.4, -0.2) is 22.4 Å². The van der Waals surface area contributed by atoms with E-state index in [0.717, 1.165) is 20.6 Å². The van der Waals surface area contributed by atoms with Crippen LogP contribution in [0.3, 0.4) is 0 Å². The molecule has 6 heteroatoms. The van der Waals surface area contributed by atoms with E-state index in [9.17, 15) is 9.90 Å². The van der Waals surface area contributed by atoms with Crippen molar-refractivity contribution < 1.29 is 9.90 Å². The molecule has 1 aliphatic heterocycles. The number of aliphatic hydroxyl groups is 1. The Bertz CT molecular complexity index is 493. The van der Waals surface area contributed by atoms with Gasteiger partial charge in [-0.1, -0.05) is 6.92 Å². The minimum atomic E-state index is -0.593. The Hall–Kier alpha value is -0.560. The third-order valence-corrected chi connectivity index (χ3v) is 5.25. The number of carbonyl (C=O) groups is 1. The van der Waals surface area contributed by atoms with Gasteiger partial charge in [0.05, 0.1) is 6.10 Å². The zero-order valence-corrected chi connectivity index (χ0v) is 12.5. The summed E-state index contributed by atoms with van der Waals surface area (Å²) >= 11 is 5.04. The fourth-order valence-electron chi connectivity index (χ4n) is 1.68. The summed E-state index contributed by atoms with van der Waals surface area (Å²) in [7, 11) is 0. The smallest absolute Gasteiger partial charge is 0.245 e. The van der Waals surface area contributed by atoms with Crippen molar-refractivity contribution in [1.29, 1.82) is 0 Å². The van der Waals surface area contributed by atoms with Crippen LogP contribution >= 0.6 is 27.7 Å². The molecule has 2 rings (SSSR count). The summed E-state index contributed by atoms with van der Waals surface area (Å²) in [6.07, 6.45) is -0.396. The van der Waals surface area contributed by atoms with Crippen LogP contribution in [0, 0.1) is 0 Å². The summed E-state index contributed by atoms with van der Waals surface area (Å²) in [5.41, 5.74) is 7.35. The van der Waals surface area contributed by atoms with Gasteiger partial charge in [-0.15, -0.1) is 11.8 Å². The summed E-state index contributed by atoms with van der Waals surface area (Å²) in [4.78, 5) is 12.5. The maximum absolute atomic E-state index is 11.5. The molecule has 0 bridgehead atoms. The predicted octanol–water partition coefficient (Wildman–Crippen LogP) is 2.26. The molecule has 0 saturated carbocycles. The van der Waals surface area contributed by atoms with Crippen molar-refractivity contribution in [1.82, 2.24) is 0 Å². The summed E-state index contributed by atoms with van der Waals surface area (Å²) < 4.78 is 0.894. The number of nitrogens with one attached hydrogen (secondary N) is 1. The number of hydrogen-bond donors (Lipinski definition) is 3. The second kappa shape index (κ2) is 5.21. The number of amides is 1. The monoisotopic (exact) mass is 330 g/mol. The van der Waals surface area contributed by atoms with Gasteiger partial charge >= 0.3 is 0 Å². The van der Waals surface area contributed by atoms with E-state index in [-0.39, 0.29) is 11.2 Å². The van der Waals surface area contributed by atoms with E-state index in [2.05, 4.69) is 21.2 Å². The number of aliphatic hydroxyl groups excluding tert-OH is 1. The average molecular weight is 331 g/mol. The Kier molecular flexibility index (Phi) is 4.01. The molecule has 3 atom stereocenters. The van der Waals surface area contributed by atoms with E-state index in [1.807, 2.05) is 19.1 Å². The SMILES string of the molecule is CC(O)C(C)Sc1cc2c(cc1Br)C(N)C(=O)N2. The van der Waals surface area contributed by atoms with Crippen molar-refractivity contribution in [2.45, 2.75) is 36.1 Å². The standard InChI is InChI=1S/C12H15BrN2O2S/c1-5(16)6(2)18-10-4-9-7(3-8(10)13)11(14)12(17)15-9/h3-6,11,16H,14H2,1-2H3,(H,15,17). The number of fused-ring (bicyclic) bond motifs is 1. The number of rotatable bonds is 3.